The minimum absolute atomic E-state index is 0.487. The van der Waals surface area contributed by atoms with Gasteiger partial charge in [0, 0.05) is 12.1 Å². The molecule has 0 saturated heterocycles. The molecule has 0 amide bonds. The van der Waals surface area contributed by atoms with Gasteiger partial charge in [-0.2, -0.15) is 0 Å². The van der Waals surface area contributed by atoms with E-state index in [-0.39, 0.29) is 0 Å². The molecule has 1 N–H and O–H groups in total. The summed E-state index contributed by atoms with van der Waals surface area (Å²) in [5.74, 6) is 0.0297. The topological polar surface area (TPSA) is 64.6 Å². The van der Waals surface area contributed by atoms with Crippen LogP contribution in [0.5, 0.6) is 5.75 Å². The minimum Gasteiger partial charge on any atom is -0.468 e. The standard InChI is InChI=1S/C15H18NO4P/c1-11(15(17)19-2)16-21(3,18)20-14-10-6-8-12-7-4-5-9-13(12)14/h4-11H,1-3H3,(H,16,18)/t11-,21?/m0/s1. The van der Waals surface area contributed by atoms with E-state index >= 15 is 0 Å². The number of carbonyl (C=O) groups excluding carboxylic acids is 1. The fourth-order valence-corrected chi connectivity index (χ4v) is 3.47. The van der Waals surface area contributed by atoms with E-state index in [1.807, 2.05) is 36.4 Å². The molecule has 2 atom stereocenters. The van der Waals surface area contributed by atoms with E-state index in [2.05, 4.69) is 9.82 Å². The normalized spacial score (nSPS) is 15.2. The second kappa shape index (κ2) is 6.29. The van der Waals surface area contributed by atoms with Crippen LogP contribution < -0.4 is 9.61 Å². The molecule has 5 nitrogen and oxygen atoms in total. The predicted octanol–water partition coefficient (Wildman–Crippen LogP) is 3.19. The van der Waals surface area contributed by atoms with Crippen molar-refractivity contribution in [1.82, 2.24) is 5.09 Å². The van der Waals surface area contributed by atoms with Crippen LogP contribution in [0.1, 0.15) is 6.92 Å². The van der Waals surface area contributed by atoms with Crippen LogP contribution in [0.15, 0.2) is 42.5 Å². The molecule has 1 unspecified atom stereocenters. The highest BCUT2D eigenvalue weighted by Crippen LogP contribution is 2.42. The Labute approximate surface area is 123 Å². The quantitative estimate of drug-likeness (QED) is 0.679. The minimum atomic E-state index is -3.19. The van der Waals surface area contributed by atoms with Gasteiger partial charge in [0.15, 0.2) is 0 Å². The average molecular weight is 307 g/mol. The lowest BCUT2D eigenvalue weighted by atomic mass is 10.1. The second-order valence-corrected chi connectivity index (χ2v) is 6.92. The van der Waals surface area contributed by atoms with Crippen LogP contribution in [0.2, 0.25) is 0 Å². The summed E-state index contributed by atoms with van der Waals surface area (Å²) >= 11 is 0. The maximum Gasteiger partial charge on any atom is 0.323 e. The Balaban J connectivity index is 2.23. The molecule has 0 bridgehead atoms. The highest BCUT2D eigenvalue weighted by Gasteiger charge is 2.25. The Morgan fingerprint density at radius 3 is 2.57 bits per heavy atom. The van der Waals surface area contributed by atoms with Crippen molar-refractivity contribution in [2.45, 2.75) is 13.0 Å². The number of fused-ring (bicyclic) bond motifs is 1. The summed E-state index contributed by atoms with van der Waals surface area (Å²) in [6.07, 6.45) is 0. The van der Waals surface area contributed by atoms with Gasteiger partial charge in [-0.1, -0.05) is 36.4 Å². The van der Waals surface area contributed by atoms with Gasteiger partial charge in [-0.15, -0.1) is 0 Å². The maximum absolute atomic E-state index is 12.5. The number of carbonyl (C=O) groups is 1. The molecule has 21 heavy (non-hydrogen) atoms. The van der Waals surface area contributed by atoms with Crippen LogP contribution >= 0.6 is 7.52 Å². The Morgan fingerprint density at radius 1 is 1.19 bits per heavy atom. The highest BCUT2D eigenvalue weighted by molar-refractivity contribution is 7.56. The van der Waals surface area contributed by atoms with Gasteiger partial charge in [-0.25, -0.2) is 5.09 Å². The van der Waals surface area contributed by atoms with Crippen molar-refractivity contribution in [2.24, 2.45) is 0 Å². The molecule has 2 aromatic rings. The number of hydrogen-bond acceptors (Lipinski definition) is 4. The van der Waals surface area contributed by atoms with Crippen LogP contribution in [0.25, 0.3) is 10.8 Å². The summed E-state index contributed by atoms with van der Waals surface area (Å²) in [7, 11) is -1.91. The summed E-state index contributed by atoms with van der Waals surface area (Å²) in [6.45, 7) is 3.02. The Morgan fingerprint density at radius 2 is 1.86 bits per heavy atom. The van der Waals surface area contributed by atoms with E-state index in [1.54, 1.807) is 13.0 Å². The molecule has 0 saturated carbocycles. The zero-order valence-electron chi connectivity index (χ0n) is 12.2. The van der Waals surface area contributed by atoms with E-state index in [4.69, 9.17) is 4.52 Å². The van der Waals surface area contributed by atoms with E-state index in [9.17, 15) is 9.36 Å². The van der Waals surface area contributed by atoms with Crippen LogP contribution in [0.3, 0.4) is 0 Å². The largest absolute Gasteiger partial charge is 0.468 e. The average Bonchev–Trinajstić information content (AvgIpc) is 2.46. The molecule has 0 heterocycles. The van der Waals surface area contributed by atoms with Gasteiger partial charge in [-0.3, -0.25) is 9.36 Å². The third-order valence-corrected chi connectivity index (χ3v) is 4.41. The first-order valence-corrected chi connectivity index (χ1v) is 8.60. The van der Waals surface area contributed by atoms with Gasteiger partial charge in [0.1, 0.15) is 11.8 Å². The van der Waals surface area contributed by atoms with Gasteiger partial charge in [0.2, 0.25) is 0 Å². The molecule has 0 spiro atoms. The van der Waals surface area contributed by atoms with Crippen molar-refractivity contribution < 1.29 is 18.6 Å². The van der Waals surface area contributed by atoms with Crippen LogP contribution in [-0.2, 0) is 14.1 Å². The fraction of sp³-hybridized carbons (Fsp3) is 0.267. The number of hydrogen-bond donors (Lipinski definition) is 1. The van der Waals surface area contributed by atoms with E-state index in [1.165, 1.54) is 13.8 Å². The van der Waals surface area contributed by atoms with Gasteiger partial charge >= 0.3 is 13.5 Å². The molecule has 0 radical (unpaired) electrons. The number of esters is 1. The molecule has 0 fully saturated rings. The smallest absolute Gasteiger partial charge is 0.323 e. The first-order valence-electron chi connectivity index (χ1n) is 6.53. The SMILES string of the molecule is COC(=O)[C@H](C)NP(C)(=O)Oc1cccc2ccccc12. The third-order valence-electron chi connectivity index (χ3n) is 3.01. The number of nitrogens with one attached hydrogen (secondary N) is 1. The van der Waals surface area contributed by atoms with Crippen molar-refractivity contribution in [3.05, 3.63) is 42.5 Å². The number of rotatable bonds is 5. The van der Waals surface area contributed by atoms with Crippen molar-refractivity contribution >= 4 is 24.3 Å². The van der Waals surface area contributed by atoms with Gasteiger partial charge in [0.25, 0.3) is 0 Å². The fourth-order valence-electron chi connectivity index (χ4n) is 2.07. The molecule has 6 heteroatoms. The highest BCUT2D eigenvalue weighted by atomic mass is 31.2. The van der Waals surface area contributed by atoms with Gasteiger partial charge in [-0.05, 0) is 18.4 Å². The first kappa shape index (κ1) is 15.5. The molecular weight excluding hydrogens is 289 g/mol. The number of ether oxygens (including phenoxy) is 1. The molecule has 0 aromatic heterocycles. The molecule has 0 aliphatic carbocycles. The summed E-state index contributed by atoms with van der Waals surface area (Å²) in [4.78, 5) is 11.4. The second-order valence-electron chi connectivity index (χ2n) is 4.79. The lowest BCUT2D eigenvalue weighted by molar-refractivity contribution is -0.142. The number of benzene rings is 2. The van der Waals surface area contributed by atoms with Crippen LogP contribution in [-0.4, -0.2) is 25.8 Å². The predicted molar refractivity (Wildman–Crippen MR) is 82.7 cm³/mol. The molecule has 2 rings (SSSR count). The van der Waals surface area contributed by atoms with E-state index < -0.39 is 19.5 Å². The third kappa shape index (κ3) is 3.84. The summed E-state index contributed by atoms with van der Waals surface area (Å²) in [6, 6.07) is 12.5. The number of methoxy groups -OCH3 is 1. The first-order chi connectivity index (χ1) is 9.93. The molecule has 2 aromatic carbocycles. The lowest BCUT2D eigenvalue weighted by Gasteiger charge is -2.20. The van der Waals surface area contributed by atoms with Crippen LogP contribution in [0.4, 0.5) is 0 Å². The molecular formula is C15H18NO4P. The Kier molecular flexibility index (Phi) is 4.66. The summed E-state index contributed by atoms with van der Waals surface area (Å²) in [5, 5.41) is 4.55. The van der Waals surface area contributed by atoms with E-state index in [0.29, 0.717) is 5.75 Å². The molecule has 0 aliphatic rings. The van der Waals surface area contributed by atoms with Crippen molar-refractivity contribution in [3.63, 3.8) is 0 Å². The molecule has 112 valence electrons. The Hall–Kier alpha value is -1.84. The van der Waals surface area contributed by atoms with Gasteiger partial charge in [0.05, 0.1) is 7.11 Å². The maximum atomic E-state index is 12.5. The monoisotopic (exact) mass is 307 g/mol. The van der Waals surface area contributed by atoms with Crippen molar-refractivity contribution in [1.29, 1.82) is 0 Å². The summed E-state index contributed by atoms with van der Waals surface area (Å²) < 4.78 is 22.7. The Bertz CT molecular complexity index is 696. The van der Waals surface area contributed by atoms with Crippen molar-refractivity contribution in [3.8, 4) is 5.75 Å². The van der Waals surface area contributed by atoms with Crippen LogP contribution in [0, 0.1) is 0 Å². The molecule has 0 aliphatic heterocycles. The van der Waals surface area contributed by atoms with Gasteiger partial charge < -0.3 is 9.26 Å². The zero-order valence-corrected chi connectivity index (χ0v) is 13.1. The summed E-state index contributed by atoms with van der Waals surface area (Å²) in [5.41, 5.74) is 0. The van der Waals surface area contributed by atoms with Crippen molar-refractivity contribution in [2.75, 3.05) is 13.8 Å². The van der Waals surface area contributed by atoms with E-state index in [0.717, 1.165) is 10.8 Å². The zero-order chi connectivity index (χ0) is 15.5. The lowest BCUT2D eigenvalue weighted by Crippen LogP contribution is -2.33.